The Morgan fingerprint density at radius 2 is 2.25 bits per heavy atom. The van der Waals surface area contributed by atoms with Gasteiger partial charge in [-0.25, -0.2) is 4.21 Å². The van der Waals surface area contributed by atoms with Gasteiger partial charge in [0, 0.05) is 5.02 Å². The molecular formula is C8H9ClO2S. The van der Waals surface area contributed by atoms with Gasteiger partial charge in [-0.15, -0.1) is 0 Å². The standard InChI is InChI=1S/C8H9ClO2S/c1-6-2-3-8(9)4-7(6)5-12(10)11/h2-4H,5H2,1H3,(H,10,11). The normalized spacial score (nSPS) is 12.9. The Balaban J connectivity index is 2.97. The number of aryl methyl sites for hydroxylation is 1. The molecule has 0 aliphatic rings. The second-order valence-electron chi connectivity index (χ2n) is 2.54. The maximum atomic E-state index is 10.5. The van der Waals surface area contributed by atoms with Crippen LogP contribution in [0.25, 0.3) is 0 Å². The molecule has 4 heteroatoms. The van der Waals surface area contributed by atoms with E-state index >= 15 is 0 Å². The summed E-state index contributed by atoms with van der Waals surface area (Å²) in [5.41, 5.74) is 1.81. The van der Waals surface area contributed by atoms with Crippen LogP contribution in [-0.2, 0) is 16.8 Å². The lowest BCUT2D eigenvalue weighted by atomic mass is 10.1. The van der Waals surface area contributed by atoms with Gasteiger partial charge in [0.2, 0.25) is 0 Å². The van der Waals surface area contributed by atoms with E-state index in [1.54, 1.807) is 12.1 Å². The summed E-state index contributed by atoms with van der Waals surface area (Å²) in [7, 11) is 0. The summed E-state index contributed by atoms with van der Waals surface area (Å²) in [6.07, 6.45) is 0. The third-order valence-electron chi connectivity index (χ3n) is 1.59. The summed E-state index contributed by atoms with van der Waals surface area (Å²) in [6, 6.07) is 5.32. The highest BCUT2D eigenvalue weighted by Crippen LogP contribution is 2.16. The number of benzene rings is 1. The van der Waals surface area contributed by atoms with E-state index in [1.165, 1.54) is 0 Å². The highest BCUT2D eigenvalue weighted by Gasteiger charge is 2.02. The van der Waals surface area contributed by atoms with E-state index in [-0.39, 0.29) is 5.75 Å². The number of rotatable bonds is 2. The summed E-state index contributed by atoms with van der Waals surface area (Å²) >= 11 is 3.93. The molecule has 1 aromatic carbocycles. The molecule has 0 aromatic heterocycles. The van der Waals surface area contributed by atoms with Crippen LogP contribution in [0.2, 0.25) is 5.02 Å². The smallest absolute Gasteiger partial charge is 0.157 e. The molecule has 66 valence electrons. The van der Waals surface area contributed by atoms with Crippen LogP contribution in [0.1, 0.15) is 11.1 Å². The summed E-state index contributed by atoms with van der Waals surface area (Å²) in [5, 5.41) is 0.598. The zero-order chi connectivity index (χ0) is 9.14. The van der Waals surface area contributed by atoms with Crippen LogP contribution in [0.4, 0.5) is 0 Å². The molecule has 0 heterocycles. The van der Waals surface area contributed by atoms with E-state index in [1.807, 2.05) is 13.0 Å². The molecule has 1 rings (SSSR count). The lowest BCUT2D eigenvalue weighted by molar-refractivity contribution is 0.563. The second kappa shape index (κ2) is 4.03. The molecule has 1 atom stereocenters. The molecule has 0 aliphatic heterocycles. The van der Waals surface area contributed by atoms with Crippen LogP contribution in [0.15, 0.2) is 18.2 Å². The lowest BCUT2D eigenvalue weighted by Crippen LogP contribution is -1.95. The Bertz CT molecular complexity index is 312. The van der Waals surface area contributed by atoms with Crippen molar-refractivity contribution >= 4 is 22.7 Å². The van der Waals surface area contributed by atoms with Gasteiger partial charge in [-0.2, -0.15) is 0 Å². The van der Waals surface area contributed by atoms with Gasteiger partial charge in [0.15, 0.2) is 11.1 Å². The molecule has 0 fully saturated rings. The van der Waals surface area contributed by atoms with Crippen molar-refractivity contribution in [1.29, 1.82) is 0 Å². The molecule has 0 radical (unpaired) electrons. The molecule has 0 bridgehead atoms. The summed E-state index contributed by atoms with van der Waals surface area (Å²) in [4.78, 5) is 0. The molecule has 1 aromatic rings. The van der Waals surface area contributed by atoms with E-state index < -0.39 is 11.1 Å². The van der Waals surface area contributed by atoms with E-state index in [2.05, 4.69) is 0 Å². The average Bonchev–Trinajstić information content (AvgIpc) is 1.96. The Morgan fingerprint density at radius 1 is 1.58 bits per heavy atom. The minimum Gasteiger partial charge on any atom is -0.306 e. The first kappa shape index (κ1) is 9.71. The van der Waals surface area contributed by atoms with E-state index in [4.69, 9.17) is 16.2 Å². The topological polar surface area (TPSA) is 37.3 Å². The number of hydrogen-bond acceptors (Lipinski definition) is 1. The number of hydrogen-bond donors (Lipinski definition) is 1. The summed E-state index contributed by atoms with van der Waals surface area (Å²) in [5.74, 6) is 0.145. The van der Waals surface area contributed by atoms with Crippen LogP contribution in [0.5, 0.6) is 0 Å². The molecule has 12 heavy (non-hydrogen) atoms. The molecule has 0 aliphatic carbocycles. The Hall–Kier alpha value is -0.380. The minimum atomic E-state index is -1.79. The highest BCUT2D eigenvalue weighted by atomic mass is 35.5. The van der Waals surface area contributed by atoms with Gasteiger partial charge in [0.05, 0.1) is 5.75 Å². The van der Waals surface area contributed by atoms with Crippen LogP contribution in [-0.4, -0.2) is 8.76 Å². The molecular weight excluding hydrogens is 196 g/mol. The summed E-state index contributed by atoms with van der Waals surface area (Å²) in [6.45, 7) is 1.89. The van der Waals surface area contributed by atoms with Crippen molar-refractivity contribution in [3.05, 3.63) is 34.3 Å². The van der Waals surface area contributed by atoms with Crippen LogP contribution >= 0.6 is 11.6 Å². The van der Waals surface area contributed by atoms with Gasteiger partial charge in [-0.05, 0) is 30.2 Å². The first-order chi connectivity index (χ1) is 5.59. The van der Waals surface area contributed by atoms with E-state index in [0.29, 0.717) is 5.02 Å². The monoisotopic (exact) mass is 204 g/mol. The third-order valence-corrected chi connectivity index (χ3v) is 2.38. The lowest BCUT2D eigenvalue weighted by Gasteiger charge is -2.02. The van der Waals surface area contributed by atoms with Crippen molar-refractivity contribution in [2.75, 3.05) is 0 Å². The molecule has 1 N–H and O–H groups in total. The molecule has 1 unspecified atom stereocenters. The van der Waals surface area contributed by atoms with E-state index in [0.717, 1.165) is 11.1 Å². The van der Waals surface area contributed by atoms with Crippen molar-refractivity contribution in [3.63, 3.8) is 0 Å². The Morgan fingerprint density at radius 3 is 2.83 bits per heavy atom. The van der Waals surface area contributed by atoms with Gasteiger partial charge >= 0.3 is 0 Å². The average molecular weight is 205 g/mol. The largest absolute Gasteiger partial charge is 0.306 e. The summed E-state index contributed by atoms with van der Waals surface area (Å²) < 4.78 is 19.2. The molecule has 2 nitrogen and oxygen atoms in total. The van der Waals surface area contributed by atoms with Crippen LogP contribution in [0, 0.1) is 6.92 Å². The fourth-order valence-corrected chi connectivity index (χ4v) is 1.70. The Labute approximate surface area is 78.8 Å². The van der Waals surface area contributed by atoms with Crippen molar-refractivity contribution in [3.8, 4) is 0 Å². The highest BCUT2D eigenvalue weighted by molar-refractivity contribution is 7.78. The zero-order valence-electron chi connectivity index (χ0n) is 6.58. The first-order valence-electron chi connectivity index (χ1n) is 3.42. The Kier molecular flexibility index (Phi) is 3.26. The molecule has 0 amide bonds. The maximum absolute atomic E-state index is 10.5. The number of halogens is 1. The van der Waals surface area contributed by atoms with Crippen molar-refractivity contribution in [1.82, 2.24) is 0 Å². The quantitative estimate of drug-likeness (QED) is 0.752. The SMILES string of the molecule is Cc1ccc(Cl)cc1CS(=O)O. The van der Waals surface area contributed by atoms with Crippen molar-refractivity contribution in [2.24, 2.45) is 0 Å². The van der Waals surface area contributed by atoms with Gasteiger partial charge in [0.1, 0.15) is 0 Å². The van der Waals surface area contributed by atoms with Crippen LogP contribution in [0.3, 0.4) is 0 Å². The minimum absolute atomic E-state index is 0.145. The van der Waals surface area contributed by atoms with Gasteiger partial charge in [-0.1, -0.05) is 17.7 Å². The molecule has 0 saturated carbocycles. The van der Waals surface area contributed by atoms with Gasteiger partial charge in [0.25, 0.3) is 0 Å². The van der Waals surface area contributed by atoms with Crippen LogP contribution < -0.4 is 0 Å². The maximum Gasteiger partial charge on any atom is 0.157 e. The van der Waals surface area contributed by atoms with Crippen molar-refractivity contribution in [2.45, 2.75) is 12.7 Å². The second-order valence-corrected chi connectivity index (χ2v) is 3.90. The first-order valence-corrected chi connectivity index (χ1v) is 5.07. The third kappa shape index (κ3) is 2.59. The van der Waals surface area contributed by atoms with Gasteiger partial charge < -0.3 is 4.55 Å². The fraction of sp³-hybridized carbons (Fsp3) is 0.250. The van der Waals surface area contributed by atoms with E-state index in [9.17, 15) is 4.21 Å². The van der Waals surface area contributed by atoms with Gasteiger partial charge in [-0.3, -0.25) is 0 Å². The zero-order valence-corrected chi connectivity index (χ0v) is 8.15. The molecule has 0 spiro atoms. The molecule has 0 saturated heterocycles. The fourth-order valence-electron chi connectivity index (χ4n) is 0.929. The predicted molar refractivity (Wildman–Crippen MR) is 50.7 cm³/mol. The van der Waals surface area contributed by atoms with Crippen molar-refractivity contribution < 1.29 is 8.76 Å². The predicted octanol–water partition coefficient (Wildman–Crippen LogP) is 2.37.